The van der Waals surface area contributed by atoms with Gasteiger partial charge >= 0.3 is 5.97 Å². The summed E-state index contributed by atoms with van der Waals surface area (Å²) >= 11 is 0. The maximum absolute atomic E-state index is 11.5. The minimum atomic E-state index is -0.867. The Balaban J connectivity index is 2.56. The number of aliphatic carboxylic acids is 1. The molecule has 1 N–H and O–H groups in total. The van der Waals surface area contributed by atoms with E-state index in [0.29, 0.717) is 12.3 Å². The Bertz CT molecular complexity index is 624. The van der Waals surface area contributed by atoms with Crippen molar-refractivity contribution in [2.75, 3.05) is 7.11 Å². The van der Waals surface area contributed by atoms with E-state index in [4.69, 9.17) is 4.74 Å². The van der Waals surface area contributed by atoms with Crippen molar-refractivity contribution in [1.29, 1.82) is 0 Å². The molecule has 19 heavy (non-hydrogen) atoms. The molecular formula is C15H17NO3. The highest BCUT2D eigenvalue weighted by atomic mass is 16.5. The van der Waals surface area contributed by atoms with Gasteiger partial charge in [-0.25, -0.2) is 4.98 Å². The molecule has 0 amide bonds. The molecule has 2 rings (SSSR count). The number of hydrogen-bond donors (Lipinski definition) is 1. The zero-order valence-electron chi connectivity index (χ0n) is 11.3. The van der Waals surface area contributed by atoms with E-state index in [2.05, 4.69) is 4.98 Å². The third-order valence-electron chi connectivity index (χ3n) is 3.72. The number of carboxylic acid groups (broad SMARTS) is 1. The van der Waals surface area contributed by atoms with Gasteiger partial charge in [-0.05, 0) is 30.4 Å². The molecule has 0 fully saturated rings. The van der Waals surface area contributed by atoms with Crippen LogP contribution in [0.1, 0.15) is 25.8 Å². The van der Waals surface area contributed by atoms with Crippen LogP contribution in [0.5, 0.6) is 5.88 Å². The average Bonchev–Trinajstić information content (AvgIpc) is 2.44. The summed E-state index contributed by atoms with van der Waals surface area (Å²) in [4.78, 5) is 15.6. The monoisotopic (exact) mass is 259 g/mol. The third-order valence-corrected chi connectivity index (χ3v) is 3.72. The summed E-state index contributed by atoms with van der Waals surface area (Å²) in [6.45, 7) is 3.62. The molecule has 1 aromatic heterocycles. The standard InChI is InChI=1S/C15H17NO3/c1-4-15(2,14(17)18)12-6-5-10-8-13(19-3)16-9-11(10)7-12/h5-9H,4H2,1-3H3,(H,17,18). The maximum Gasteiger partial charge on any atom is 0.313 e. The van der Waals surface area contributed by atoms with Crippen LogP contribution in [0.25, 0.3) is 10.8 Å². The number of carboxylic acids is 1. The fourth-order valence-electron chi connectivity index (χ4n) is 2.06. The first-order valence-corrected chi connectivity index (χ1v) is 6.19. The number of ether oxygens (including phenoxy) is 1. The number of rotatable bonds is 4. The van der Waals surface area contributed by atoms with E-state index in [0.717, 1.165) is 16.3 Å². The number of fused-ring (bicyclic) bond motifs is 1. The number of pyridine rings is 1. The van der Waals surface area contributed by atoms with E-state index in [9.17, 15) is 9.90 Å². The molecule has 0 spiro atoms. The second-order valence-corrected chi connectivity index (χ2v) is 4.78. The van der Waals surface area contributed by atoms with Crippen LogP contribution in [-0.2, 0) is 10.2 Å². The van der Waals surface area contributed by atoms with Gasteiger partial charge in [0, 0.05) is 17.6 Å². The van der Waals surface area contributed by atoms with Gasteiger partial charge in [0.1, 0.15) is 0 Å². The van der Waals surface area contributed by atoms with Gasteiger partial charge in [0.05, 0.1) is 12.5 Å². The van der Waals surface area contributed by atoms with E-state index in [1.807, 2.05) is 31.2 Å². The Morgan fingerprint density at radius 3 is 2.68 bits per heavy atom. The van der Waals surface area contributed by atoms with Crippen LogP contribution >= 0.6 is 0 Å². The van der Waals surface area contributed by atoms with Crippen molar-refractivity contribution in [1.82, 2.24) is 4.98 Å². The van der Waals surface area contributed by atoms with E-state index in [-0.39, 0.29) is 0 Å². The Morgan fingerprint density at radius 1 is 1.37 bits per heavy atom. The van der Waals surface area contributed by atoms with E-state index in [1.54, 1.807) is 20.2 Å². The van der Waals surface area contributed by atoms with Gasteiger partial charge in [0.15, 0.2) is 0 Å². The van der Waals surface area contributed by atoms with Gasteiger partial charge in [0.2, 0.25) is 5.88 Å². The quantitative estimate of drug-likeness (QED) is 0.917. The predicted octanol–water partition coefficient (Wildman–Crippen LogP) is 3.00. The third kappa shape index (κ3) is 2.26. The van der Waals surface area contributed by atoms with Gasteiger partial charge in [-0.2, -0.15) is 0 Å². The fraction of sp³-hybridized carbons (Fsp3) is 0.333. The summed E-state index contributed by atoms with van der Waals surface area (Å²) in [6.07, 6.45) is 2.24. The highest BCUT2D eigenvalue weighted by Gasteiger charge is 2.33. The maximum atomic E-state index is 11.5. The zero-order chi connectivity index (χ0) is 14.0. The molecule has 0 aliphatic heterocycles. The van der Waals surface area contributed by atoms with Crippen LogP contribution in [0.3, 0.4) is 0 Å². The summed E-state index contributed by atoms with van der Waals surface area (Å²) in [5.74, 6) is -0.257. The molecule has 4 heteroatoms. The lowest BCUT2D eigenvalue weighted by atomic mass is 9.79. The molecule has 2 aromatic rings. The first kappa shape index (κ1) is 13.3. The van der Waals surface area contributed by atoms with Crippen molar-refractivity contribution in [3.8, 4) is 5.88 Å². The fourth-order valence-corrected chi connectivity index (χ4v) is 2.06. The number of hydrogen-bond acceptors (Lipinski definition) is 3. The van der Waals surface area contributed by atoms with Crippen molar-refractivity contribution in [3.05, 3.63) is 36.0 Å². The van der Waals surface area contributed by atoms with Gasteiger partial charge in [-0.3, -0.25) is 4.79 Å². The molecule has 4 nitrogen and oxygen atoms in total. The summed E-state index contributed by atoms with van der Waals surface area (Å²) in [7, 11) is 1.57. The van der Waals surface area contributed by atoms with Crippen LogP contribution in [-0.4, -0.2) is 23.2 Å². The highest BCUT2D eigenvalue weighted by Crippen LogP contribution is 2.30. The number of aromatic nitrogens is 1. The number of carbonyl (C=O) groups is 1. The summed E-state index contributed by atoms with van der Waals surface area (Å²) in [5.41, 5.74) is -0.0735. The normalized spacial score (nSPS) is 14.1. The minimum absolute atomic E-state index is 0.539. The SMILES string of the molecule is CCC(C)(C(=O)O)c1ccc2cc(OC)ncc2c1. The smallest absolute Gasteiger partial charge is 0.313 e. The lowest BCUT2D eigenvalue weighted by molar-refractivity contribution is -0.143. The van der Waals surface area contributed by atoms with Crippen molar-refractivity contribution in [2.45, 2.75) is 25.7 Å². The minimum Gasteiger partial charge on any atom is -0.481 e. The van der Waals surface area contributed by atoms with Gasteiger partial charge in [-0.15, -0.1) is 0 Å². The average molecular weight is 259 g/mol. The Labute approximate surface area is 112 Å². The number of nitrogens with zero attached hydrogens (tertiary/aromatic N) is 1. The molecule has 1 atom stereocenters. The molecular weight excluding hydrogens is 242 g/mol. The molecule has 1 aromatic carbocycles. The first-order chi connectivity index (χ1) is 9.01. The molecule has 0 aliphatic rings. The lowest BCUT2D eigenvalue weighted by Gasteiger charge is -2.23. The van der Waals surface area contributed by atoms with Crippen molar-refractivity contribution >= 4 is 16.7 Å². The van der Waals surface area contributed by atoms with Gasteiger partial charge in [-0.1, -0.05) is 19.1 Å². The van der Waals surface area contributed by atoms with Crippen molar-refractivity contribution in [3.63, 3.8) is 0 Å². The van der Waals surface area contributed by atoms with Crippen molar-refractivity contribution < 1.29 is 14.6 Å². The van der Waals surface area contributed by atoms with E-state index >= 15 is 0 Å². The summed E-state index contributed by atoms with van der Waals surface area (Å²) in [6, 6.07) is 7.49. The van der Waals surface area contributed by atoms with E-state index < -0.39 is 11.4 Å². The lowest BCUT2D eigenvalue weighted by Crippen LogP contribution is -2.31. The van der Waals surface area contributed by atoms with Crippen LogP contribution in [0, 0.1) is 0 Å². The molecule has 0 bridgehead atoms. The molecule has 0 radical (unpaired) electrons. The van der Waals surface area contributed by atoms with Crippen LogP contribution in [0.2, 0.25) is 0 Å². The number of benzene rings is 1. The molecule has 0 saturated carbocycles. The molecule has 1 unspecified atom stereocenters. The van der Waals surface area contributed by atoms with Gasteiger partial charge < -0.3 is 9.84 Å². The Kier molecular flexibility index (Phi) is 3.42. The Morgan fingerprint density at radius 2 is 2.11 bits per heavy atom. The molecule has 1 heterocycles. The summed E-state index contributed by atoms with van der Waals surface area (Å²) in [5, 5.41) is 11.3. The Hall–Kier alpha value is -2.10. The molecule has 0 aliphatic carbocycles. The highest BCUT2D eigenvalue weighted by molar-refractivity contribution is 5.87. The zero-order valence-corrected chi connectivity index (χ0v) is 11.3. The predicted molar refractivity (Wildman–Crippen MR) is 73.6 cm³/mol. The van der Waals surface area contributed by atoms with Crippen molar-refractivity contribution in [2.24, 2.45) is 0 Å². The molecule has 0 saturated heterocycles. The topological polar surface area (TPSA) is 59.4 Å². The van der Waals surface area contributed by atoms with Gasteiger partial charge in [0.25, 0.3) is 0 Å². The summed E-state index contributed by atoms with van der Waals surface area (Å²) < 4.78 is 5.07. The second kappa shape index (κ2) is 4.88. The van der Waals surface area contributed by atoms with Crippen LogP contribution in [0.4, 0.5) is 0 Å². The second-order valence-electron chi connectivity index (χ2n) is 4.78. The van der Waals surface area contributed by atoms with Crippen LogP contribution < -0.4 is 4.74 Å². The first-order valence-electron chi connectivity index (χ1n) is 6.19. The van der Waals surface area contributed by atoms with Crippen LogP contribution in [0.15, 0.2) is 30.5 Å². The van der Waals surface area contributed by atoms with E-state index in [1.165, 1.54) is 0 Å². The molecule has 100 valence electrons. The largest absolute Gasteiger partial charge is 0.481 e. The number of methoxy groups -OCH3 is 1.